The standard InChI is InChI=1S/C13H22N2O4S/c1-5-20(17,18)14-11-7-10-6-9(11)8-15(10)12(16)19-13(2,3)4/h5,9-11,14H,1,6-8H2,2-4H3. The fraction of sp³-hybridized carbons (Fsp3) is 0.769. The number of nitrogens with one attached hydrogen (secondary N) is 1. The predicted octanol–water partition coefficient (Wildman–Crippen LogP) is 1.45. The molecular weight excluding hydrogens is 280 g/mol. The van der Waals surface area contributed by atoms with Crippen molar-refractivity contribution in [3.63, 3.8) is 0 Å². The van der Waals surface area contributed by atoms with Crippen molar-refractivity contribution in [2.75, 3.05) is 6.54 Å². The molecule has 1 aliphatic heterocycles. The maximum Gasteiger partial charge on any atom is 0.410 e. The summed E-state index contributed by atoms with van der Waals surface area (Å²) in [6, 6.07) is -0.0472. The van der Waals surface area contributed by atoms with Crippen LogP contribution in [-0.2, 0) is 14.8 Å². The lowest BCUT2D eigenvalue weighted by Crippen LogP contribution is -2.48. The zero-order chi connectivity index (χ0) is 15.1. The summed E-state index contributed by atoms with van der Waals surface area (Å²) in [6.45, 7) is 9.33. The van der Waals surface area contributed by atoms with Crippen LogP contribution >= 0.6 is 0 Å². The van der Waals surface area contributed by atoms with Crippen LogP contribution in [0.5, 0.6) is 0 Å². The van der Waals surface area contributed by atoms with Gasteiger partial charge in [-0.05, 0) is 39.5 Å². The largest absolute Gasteiger partial charge is 0.444 e. The maximum absolute atomic E-state index is 12.0. The van der Waals surface area contributed by atoms with Crippen LogP contribution < -0.4 is 4.72 Å². The number of carbonyl (C=O) groups excluding carboxylic acids is 1. The van der Waals surface area contributed by atoms with Crippen LogP contribution in [0.3, 0.4) is 0 Å². The van der Waals surface area contributed by atoms with E-state index in [9.17, 15) is 13.2 Å². The Hall–Kier alpha value is -1.08. The zero-order valence-corrected chi connectivity index (χ0v) is 12.9. The van der Waals surface area contributed by atoms with Gasteiger partial charge in [-0.2, -0.15) is 0 Å². The number of hydrogen-bond donors (Lipinski definition) is 1. The minimum absolute atomic E-state index is 0.0624. The number of nitrogens with zero attached hydrogens (tertiary/aromatic N) is 1. The molecule has 1 N–H and O–H groups in total. The van der Waals surface area contributed by atoms with Crippen molar-refractivity contribution in [3.05, 3.63) is 12.0 Å². The maximum atomic E-state index is 12.0. The average molecular weight is 302 g/mol. The molecule has 0 spiro atoms. The number of likely N-dealkylation sites (tertiary alicyclic amines) is 1. The molecule has 1 amide bonds. The molecule has 1 saturated carbocycles. The number of piperidine rings is 1. The molecule has 3 unspecified atom stereocenters. The third kappa shape index (κ3) is 3.32. The molecule has 0 aromatic heterocycles. The Labute approximate surface area is 120 Å². The molecule has 7 heteroatoms. The topological polar surface area (TPSA) is 75.7 Å². The second kappa shape index (κ2) is 5.04. The first kappa shape index (κ1) is 15.3. The van der Waals surface area contributed by atoms with Gasteiger partial charge >= 0.3 is 6.09 Å². The van der Waals surface area contributed by atoms with Gasteiger partial charge in [0, 0.05) is 24.0 Å². The predicted molar refractivity (Wildman–Crippen MR) is 75.5 cm³/mol. The molecule has 3 atom stereocenters. The molecule has 2 aliphatic rings. The summed E-state index contributed by atoms with van der Waals surface area (Å²) in [5.74, 6) is 0.155. The third-order valence-corrected chi connectivity index (χ3v) is 4.78. The number of sulfonamides is 1. The van der Waals surface area contributed by atoms with E-state index in [0.717, 1.165) is 11.8 Å². The normalized spacial score (nSPS) is 29.6. The zero-order valence-electron chi connectivity index (χ0n) is 12.1. The molecule has 1 aliphatic carbocycles. The van der Waals surface area contributed by atoms with Gasteiger partial charge in [-0.1, -0.05) is 6.58 Å². The molecule has 0 aromatic rings. The fourth-order valence-electron chi connectivity index (χ4n) is 2.90. The van der Waals surface area contributed by atoms with Gasteiger partial charge in [0.25, 0.3) is 0 Å². The summed E-state index contributed by atoms with van der Waals surface area (Å²) in [4.78, 5) is 13.8. The highest BCUT2D eigenvalue weighted by atomic mass is 32.2. The van der Waals surface area contributed by atoms with E-state index in [2.05, 4.69) is 11.3 Å². The van der Waals surface area contributed by atoms with Gasteiger partial charge in [-0.15, -0.1) is 0 Å². The highest BCUT2D eigenvalue weighted by molar-refractivity contribution is 7.92. The number of hydrogen-bond acceptors (Lipinski definition) is 4. The monoisotopic (exact) mass is 302 g/mol. The van der Waals surface area contributed by atoms with Crippen LogP contribution in [0.1, 0.15) is 33.6 Å². The lowest BCUT2D eigenvalue weighted by molar-refractivity contribution is 0.0180. The Kier molecular flexibility index (Phi) is 3.85. The first-order valence-corrected chi connectivity index (χ1v) is 8.30. The van der Waals surface area contributed by atoms with Crippen LogP contribution in [-0.4, -0.2) is 43.6 Å². The Morgan fingerprint density at radius 2 is 2.05 bits per heavy atom. The molecule has 2 fully saturated rings. The number of ether oxygens (including phenoxy) is 1. The Bertz CT molecular complexity index is 509. The molecule has 20 heavy (non-hydrogen) atoms. The van der Waals surface area contributed by atoms with E-state index in [1.165, 1.54) is 0 Å². The Morgan fingerprint density at radius 1 is 1.40 bits per heavy atom. The Morgan fingerprint density at radius 3 is 2.50 bits per heavy atom. The third-order valence-electron chi connectivity index (χ3n) is 3.70. The van der Waals surface area contributed by atoms with Crippen molar-refractivity contribution in [1.82, 2.24) is 9.62 Å². The van der Waals surface area contributed by atoms with E-state index in [1.54, 1.807) is 4.90 Å². The van der Waals surface area contributed by atoms with Crippen molar-refractivity contribution in [3.8, 4) is 0 Å². The number of rotatable bonds is 3. The summed E-state index contributed by atoms with van der Waals surface area (Å²) in [6.07, 6.45) is 1.15. The van der Waals surface area contributed by atoms with Crippen molar-refractivity contribution in [2.24, 2.45) is 5.92 Å². The molecule has 114 valence electrons. The van der Waals surface area contributed by atoms with Crippen LogP contribution in [0.2, 0.25) is 0 Å². The second-order valence-electron chi connectivity index (χ2n) is 6.45. The van der Waals surface area contributed by atoms with E-state index < -0.39 is 15.6 Å². The Balaban J connectivity index is 1.95. The van der Waals surface area contributed by atoms with Gasteiger partial charge < -0.3 is 9.64 Å². The summed E-state index contributed by atoms with van der Waals surface area (Å²) in [5, 5.41) is 0.921. The van der Waals surface area contributed by atoms with Gasteiger partial charge in [-0.3, -0.25) is 0 Å². The van der Waals surface area contributed by atoms with Crippen molar-refractivity contribution >= 4 is 16.1 Å². The van der Waals surface area contributed by atoms with Gasteiger partial charge in [0.1, 0.15) is 5.60 Å². The molecule has 1 heterocycles. The SMILES string of the molecule is C=CS(=O)(=O)NC1CC2CC1CN2C(=O)OC(C)(C)C. The number of fused-ring (bicyclic) bond motifs is 2. The van der Waals surface area contributed by atoms with Gasteiger partial charge in [0.2, 0.25) is 10.0 Å². The minimum atomic E-state index is -3.41. The molecule has 0 radical (unpaired) electrons. The van der Waals surface area contributed by atoms with Crippen molar-refractivity contribution in [2.45, 2.75) is 51.3 Å². The van der Waals surface area contributed by atoms with Crippen LogP contribution in [0.15, 0.2) is 12.0 Å². The van der Waals surface area contributed by atoms with Crippen LogP contribution in [0.25, 0.3) is 0 Å². The lowest BCUT2D eigenvalue weighted by atomic mass is 10.0. The van der Waals surface area contributed by atoms with Gasteiger partial charge in [0.05, 0.1) is 0 Å². The summed E-state index contributed by atoms with van der Waals surface area (Å²) in [5.41, 5.74) is -0.511. The van der Waals surface area contributed by atoms with E-state index in [0.29, 0.717) is 13.0 Å². The molecule has 0 aromatic carbocycles. The minimum Gasteiger partial charge on any atom is -0.444 e. The van der Waals surface area contributed by atoms with E-state index in [4.69, 9.17) is 4.74 Å². The van der Waals surface area contributed by atoms with Crippen molar-refractivity contribution in [1.29, 1.82) is 0 Å². The van der Waals surface area contributed by atoms with Crippen LogP contribution in [0, 0.1) is 5.92 Å². The highest BCUT2D eigenvalue weighted by Crippen LogP contribution is 2.38. The van der Waals surface area contributed by atoms with E-state index >= 15 is 0 Å². The number of carbonyl (C=O) groups is 1. The summed E-state index contributed by atoms with van der Waals surface area (Å²) in [7, 11) is -3.41. The molecule has 2 bridgehead atoms. The van der Waals surface area contributed by atoms with Crippen LogP contribution in [0.4, 0.5) is 4.79 Å². The average Bonchev–Trinajstić information content (AvgIpc) is 2.85. The molecule has 2 rings (SSSR count). The van der Waals surface area contributed by atoms with E-state index in [1.807, 2.05) is 20.8 Å². The van der Waals surface area contributed by atoms with Gasteiger partial charge in [0.15, 0.2) is 0 Å². The quantitative estimate of drug-likeness (QED) is 0.856. The summed E-state index contributed by atoms with van der Waals surface area (Å²) >= 11 is 0. The smallest absolute Gasteiger partial charge is 0.410 e. The van der Waals surface area contributed by atoms with Gasteiger partial charge in [-0.25, -0.2) is 17.9 Å². The highest BCUT2D eigenvalue weighted by Gasteiger charge is 2.48. The molecular formula is C13H22N2O4S. The second-order valence-corrected chi connectivity index (χ2v) is 8.11. The first-order chi connectivity index (χ1) is 9.11. The van der Waals surface area contributed by atoms with Crippen molar-refractivity contribution < 1.29 is 17.9 Å². The lowest BCUT2D eigenvalue weighted by Gasteiger charge is -2.33. The first-order valence-electron chi connectivity index (χ1n) is 6.76. The number of amides is 1. The summed E-state index contributed by atoms with van der Waals surface area (Å²) < 4.78 is 31.0. The molecule has 1 saturated heterocycles. The molecule has 6 nitrogen and oxygen atoms in total. The van der Waals surface area contributed by atoms with E-state index in [-0.39, 0.29) is 24.1 Å². The fourth-order valence-corrected chi connectivity index (χ4v) is 3.71.